The van der Waals surface area contributed by atoms with Crippen molar-refractivity contribution in [1.82, 2.24) is 0 Å². The Morgan fingerprint density at radius 3 is 2.80 bits per heavy atom. The number of rotatable bonds is 4. The Balaban J connectivity index is 1.97. The Bertz CT molecular complexity index is 344. The second-order valence-corrected chi connectivity index (χ2v) is 5.40. The number of halogens is 1. The molecule has 0 aliphatic heterocycles. The van der Waals surface area contributed by atoms with E-state index in [9.17, 15) is 5.11 Å². The lowest BCUT2D eigenvalue weighted by atomic mass is 10.0. The average Bonchev–Trinajstić information content (AvgIpc) is 3.02. The topological polar surface area (TPSA) is 20.2 Å². The molecule has 1 unspecified atom stereocenters. The SMILES string of the molecule is Cc1ccc(C(O)CCC2CC2)cc1Br. The summed E-state index contributed by atoms with van der Waals surface area (Å²) in [7, 11) is 0. The van der Waals surface area contributed by atoms with Crippen molar-refractivity contribution in [3.8, 4) is 0 Å². The molecule has 0 heterocycles. The van der Waals surface area contributed by atoms with Gasteiger partial charge in [-0.15, -0.1) is 0 Å². The molecule has 1 aromatic carbocycles. The first kappa shape index (κ1) is 11.2. The van der Waals surface area contributed by atoms with Crippen molar-refractivity contribution in [1.29, 1.82) is 0 Å². The van der Waals surface area contributed by atoms with Crippen LogP contribution in [0, 0.1) is 12.8 Å². The second kappa shape index (κ2) is 4.67. The van der Waals surface area contributed by atoms with Crippen molar-refractivity contribution in [2.75, 3.05) is 0 Å². The molecular weight excluding hydrogens is 252 g/mol. The maximum atomic E-state index is 9.99. The lowest BCUT2D eigenvalue weighted by molar-refractivity contribution is 0.162. The third kappa shape index (κ3) is 3.05. The van der Waals surface area contributed by atoms with E-state index < -0.39 is 0 Å². The van der Waals surface area contributed by atoms with E-state index in [2.05, 4.69) is 28.9 Å². The monoisotopic (exact) mass is 268 g/mol. The molecule has 82 valence electrons. The van der Waals surface area contributed by atoms with Gasteiger partial charge >= 0.3 is 0 Å². The van der Waals surface area contributed by atoms with Crippen LogP contribution in [0.2, 0.25) is 0 Å². The fourth-order valence-electron chi connectivity index (χ4n) is 1.78. The van der Waals surface area contributed by atoms with Crippen LogP contribution in [-0.2, 0) is 0 Å². The average molecular weight is 269 g/mol. The molecule has 1 fully saturated rings. The van der Waals surface area contributed by atoms with Gasteiger partial charge in [0.15, 0.2) is 0 Å². The van der Waals surface area contributed by atoms with Gasteiger partial charge in [-0.25, -0.2) is 0 Å². The van der Waals surface area contributed by atoms with Crippen LogP contribution in [0.1, 0.15) is 42.9 Å². The van der Waals surface area contributed by atoms with Crippen LogP contribution in [0.5, 0.6) is 0 Å². The molecule has 0 aromatic heterocycles. The summed E-state index contributed by atoms with van der Waals surface area (Å²) in [5.41, 5.74) is 2.25. The first-order valence-electron chi connectivity index (χ1n) is 5.61. The fraction of sp³-hybridized carbons (Fsp3) is 0.538. The number of hydrogen-bond donors (Lipinski definition) is 1. The highest BCUT2D eigenvalue weighted by Gasteiger charge is 2.22. The number of aliphatic hydroxyl groups is 1. The van der Waals surface area contributed by atoms with Crippen LogP contribution in [0.15, 0.2) is 22.7 Å². The highest BCUT2D eigenvalue weighted by molar-refractivity contribution is 9.10. The lowest BCUT2D eigenvalue weighted by Crippen LogP contribution is -1.98. The summed E-state index contributed by atoms with van der Waals surface area (Å²) in [6.45, 7) is 2.06. The van der Waals surface area contributed by atoms with E-state index >= 15 is 0 Å². The van der Waals surface area contributed by atoms with E-state index in [0.717, 1.165) is 22.4 Å². The summed E-state index contributed by atoms with van der Waals surface area (Å²) in [6, 6.07) is 6.12. The molecule has 2 rings (SSSR count). The van der Waals surface area contributed by atoms with Crippen molar-refractivity contribution in [2.24, 2.45) is 5.92 Å². The van der Waals surface area contributed by atoms with Crippen LogP contribution in [0.4, 0.5) is 0 Å². The van der Waals surface area contributed by atoms with Gasteiger partial charge in [-0.2, -0.15) is 0 Å². The van der Waals surface area contributed by atoms with Gasteiger partial charge in [0.2, 0.25) is 0 Å². The van der Waals surface area contributed by atoms with Crippen LogP contribution < -0.4 is 0 Å². The van der Waals surface area contributed by atoms with Gasteiger partial charge in [0.1, 0.15) is 0 Å². The van der Waals surface area contributed by atoms with E-state index in [1.165, 1.54) is 24.8 Å². The third-order valence-corrected chi connectivity index (χ3v) is 3.98. The van der Waals surface area contributed by atoms with Gasteiger partial charge in [-0.1, -0.05) is 40.9 Å². The van der Waals surface area contributed by atoms with Crippen molar-refractivity contribution in [3.05, 3.63) is 33.8 Å². The smallest absolute Gasteiger partial charge is 0.0790 e. The standard InChI is InChI=1S/C13H17BrO/c1-9-2-6-11(8-12(9)14)13(15)7-5-10-3-4-10/h2,6,8,10,13,15H,3-5,7H2,1H3. The minimum atomic E-state index is -0.289. The number of benzene rings is 1. The van der Waals surface area contributed by atoms with Crippen LogP contribution in [0.25, 0.3) is 0 Å². The first-order valence-corrected chi connectivity index (χ1v) is 6.40. The quantitative estimate of drug-likeness (QED) is 0.876. The maximum absolute atomic E-state index is 9.99. The van der Waals surface area contributed by atoms with E-state index in [4.69, 9.17) is 0 Å². The zero-order chi connectivity index (χ0) is 10.8. The van der Waals surface area contributed by atoms with Crippen molar-refractivity contribution >= 4 is 15.9 Å². The Kier molecular flexibility index (Phi) is 3.47. The summed E-state index contributed by atoms with van der Waals surface area (Å²) in [5.74, 6) is 0.897. The normalized spacial score (nSPS) is 17.8. The molecule has 15 heavy (non-hydrogen) atoms. The summed E-state index contributed by atoms with van der Waals surface area (Å²) in [4.78, 5) is 0. The predicted molar refractivity (Wildman–Crippen MR) is 65.8 cm³/mol. The van der Waals surface area contributed by atoms with Gasteiger partial charge in [0.05, 0.1) is 6.10 Å². The highest BCUT2D eigenvalue weighted by Crippen LogP contribution is 2.36. The Morgan fingerprint density at radius 2 is 2.20 bits per heavy atom. The summed E-state index contributed by atoms with van der Waals surface area (Å²) < 4.78 is 1.09. The molecule has 1 nitrogen and oxygen atoms in total. The van der Waals surface area contributed by atoms with Gasteiger partial charge in [-0.05, 0) is 42.9 Å². The molecule has 1 aromatic rings. The van der Waals surface area contributed by atoms with Crippen molar-refractivity contribution in [2.45, 2.75) is 38.7 Å². The molecular formula is C13H17BrO. The van der Waals surface area contributed by atoms with Gasteiger partial charge in [-0.3, -0.25) is 0 Å². The Labute approximate surface area is 99.6 Å². The molecule has 0 bridgehead atoms. The number of hydrogen-bond acceptors (Lipinski definition) is 1. The number of aliphatic hydroxyl groups excluding tert-OH is 1. The Morgan fingerprint density at radius 1 is 1.47 bits per heavy atom. The molecule has 0 spiro atoms. The largest absolute Gasteiger partial charge is 0.388 e. The fourth-order valence-corrected chi connectivity index (χ4v) is 2.18. The molecule has 1 N–H and O–H groups in total. The van der Waals surface area contributed by atoms with Gasteiger partial charge < -0.3 is 5.11 Å². The third-order valence-electron chi connectivity index (χ3n) is 3.13. The predicted octanol–water partition coefficient (Wildman–Crippen LogP) is 3.98. The summed E-state index contributed by atoms with van der Waals surface area (Å²) in [5, 5.41) is 9.99. The minimum absolute atomic E-state index is 0.289. The Hall–Kier alpha value is -0.340. The van der Waals surface area contributed by atoms with Crippen LogP contribution >= 0.6 is 15.9 Å². The first-order chi connectivity index (χ1) is 7.16. The van der Waals surface area contributed by atoms with E-state index in [1.807, 2.05) is 12.1 Å². The van der Waals surface area contributed by atoms with Gasteiger partial charge in [0, 0.05) is 4.47 Å². The molecule has 0 radical (unpaired) electrons. The maximum Gasteiger partial charge on any atom is 0.0790 e. The van der Waals surface area contributed by atoms with Crippen LogP contribution in [-0.4, -0.2) is 5.11 Å². The molecule has 0 amide bonds. The highest BCUT2D eigenvalue weighted by atomic mass is 79.9. The molecule has 1 aliphatic carbocycles. The van der Waals surface area contributed by atoms with E-state index in [1.54, 1.807) is 0 Å². The van der Waals surface area contributed by atoms with Crippen molar-refractivity contribution in [3.63, 3.8) is 0 Å². The summed E-state index contributed by atoms with van der Waals surface area (Å²) in [6.07, 6.45) is 4.52. The minimum Gasteiger partial charge on any atom is -0.388 e. The van der Waals surface area contributed by atoms with Crippen LogP contribution in [0.3, 0.4) is 0 Å². The van der Waals surface area contributed by atoms with E-state index in [-0.39, 0.29) is 6.10 Å². The van der Waals surface area contributed by atoms with Crippen molar-refractivity contribution < 1.29 is 5.11 Å². The molecule has 1 aliphatic rings. The summed E-state index contributed by atoms with van der Waals surface area (Å²) >= 11 is 3.50. The van der Waals surface area contributed by atoms with E-state index in [0.29, 0.717) is 0 Å². The second-order valence-electron chi connectivity index (χ2n) is 4.55. The number of aryl methyl sites for hydroxylation is 1. The molecule has 1 saturated carbocycles. The zero-order valence-electron chi connectivity index (χ0n) is 9.04. The molecule has 0 saturated heterocycles. The van der Waals surface area contributed by atoms with Gasteiger partial charge in [0.25, 0.3) is 0 Å². The molecule has 1 atom stereocenters. The molecule has 2 heteroatoms. The zero-order valence-corrected chi connectivity index (χ0v) is 10.6. The lowest BCUT2D eigenvalue weighted by Gasteiger charge is -2.11.